The molecule has 0 spiro atoms. The number of carboxylic acids is 2. The molecule has 116 heavy (non-hydrogen) atoms. The van der Waals surface area contributed by atoms with Gasteiger partial charge in [0.15, 0.2) is 0 Å². The van der Waals surface area contributed by atoms with Crippen molar-refractivity contribution in [1.29, 1.82) is 0 Å². The van der Waals surface area contributed by atoms with Gasteiger partial charge in [-0.05, 0) is 107 Å². The molecule has 44 heteroatoms. The maximum Gasteiger partial charge on any atom is 0.524 e. The smallest absolute Gasteiger partial charge is 0.481 e. The summed E-state index contributed by atoms with van der Waals surface area (Å²) in [6.07, 6.45) is -16.5. The number of hydrogen-bond donors (Lipinski definition) is 9. The fourth-order valence-electron chi connectivity index (χ4n) is 13.2. The van der Waals surface area contributed by atoms with Crippen molar-refractivity contribution in [1.82, 2.24) is 56.4 Å². The summed E-state index contributed by atoms with van der Waals surface area (Å²) in [5.41, 5.74) is -8.22. The number of carbonyl (C=O) groups excluding carboxylic acids is 7. The third-order valence-electron chi connectivity index (χ3n) is 19.4. The van der Waals surface area contributed by atoms with Crippen LogP contribution in [0.3, 0.4) is 0 Å². The maximum atomic E-state index is 16.8. The number of methoxy groups -OCH3 is 2. The molecule has 8 rings (SSSR count). The average molecular weight is 1670 g/mol. The number of anilines is 1. The minimum Gasteiger partial charge on any atom is -0.481 e. The van der Waals surface area contributed by atoms with Crippen molar-refractivity contribution in [2.24, 2.45) is 10.8 Å². The Hall–Kier alpha value is -10.9. The largest absolute Gasteiger partial charge is 0.524 e. The summed E-state index contributed by atoms with van der Waals surface area (Å²) in [6, 6.07) is 1.07. The molecule has 2 bridgehead atoms. The molecule has 632 valence electrons. The molecule has 5 amide bonds. The van der Waals surface area contributed by atoms with Gasteiger partial charge in [-0.1, -0.05) is 43.9 Å². The number of ether oxygens (including phenoxy) is 6. The summed E-state index contributed by atoms with van der Waals surface area (Å²) in [6.45, 7) is 0.758. The summed E-state index contributed by atoms with van der Waals surface area (Å²) in [5, 5.41) is 30.6. The number of benzene rings is 3. The number of fused-ring (bicyclic) bond motifs is 2. The molecular weight excluding hydrogens is 1590 g/mol. The molecule has 2 unspecified atom stereocenters. The normalized spacial score (nSPS) is 16.7. The molecule has 3 aromatic carbocycles. The number of alkyl carbamates (subject to hydrolysis) is 2. The Kier molecular flexibility index (Phi) is 29.2. The molecule has 2 aromatic heterocycles. The average Bonchev–Trinajstić information content (AvgIpc) is 1.34. The van der Waals surface area contributed by atoms with Crippen LogP contribution < -0.4 is 36.1 Å². The number of rotatable bonds is 33. The molecule has 3 fully saturated rings. The number of hydrogen-bond acceptors (Lipinski definition) is 23. The number of phosphoric ester groups is 1. The molecule has 3 saturated heterocycles. The van der Waals surface area contributed by atoms with Crippen molar-refractivity contribution in [3.8, 4) is 28.8 Å². The molecule has 7 atom stereocenters. The number of alkyl halides is 8. The maximum absolute atomic E-state index is 16.8. The van der Waals surface area contributed by atoms with Gasteiger partial charge in [0.1, 0.15) is 41.6 Å². The first-order chi connectivity index (χ1) is 54.1. The van der Waals surface area contributed by atoms with Crippen LogP contribution in [0.25, 0.3) is 11.3 Å². The lowest BCUT2D eigenvalue weighted by molar-refractivity contribution is -0.221. The van der Waals surface area contributed by atoms with Crippen LogP contribution in [0.2, 0.25) is 0 Å². The van der Waals surface area contributed by atoms with Crippen molar-refractivity contribution >= 4 is 67.7 Å². The van der Waals surface area contributed by atoms with Gasteiger partial charge >= 0.3 is 63.0 Å². The van der Waals surface area contributed by atoms with E-state index in [1.165, 1.54) is 63.5 Å². The zero-order valence-corrected chi connectivity index (χ0v) is 64.3. The zero-order valence-electron chi connectivity index (χ0n) is 63.4. The predicted molar refractivity (Wildman–Crippen MR) is 381 cm³/mol. The van der Waals surface area contributed by atoms with Crippen LogP contribution >= 0.6 is 7.82 Å². The molecular formula is C72H83F10N12O21P. The number of esters is 1. The number of piperazine rings is 1. The van der Waals surface area contributed by atoms with Crippen molar-refractivity contribution in [2.75, 3.05) is 58.8 Å². The van der Waals surface area contributed by atoms with Gasteiger partial charge in [-0.25, -0.2) is 52.2 Å². The Morgan fingerprint density at radius 1 is 0.741 bits per heavy atom. The summed E-state index contributed by atoms with van der Waals surface area (Å²) < 4.78 is 200. The van der Waals surface area contributed by atoms with E-state index in [4.69, 9.17) is 23.5 Å². The monoisotopic (exact) mass is 1670 g/mol. The van der Waals surface area contributed by atoms with Crippen LogP contribution in [0.15, 0.2) is 73.2 Å². The second-order valence-corrected chi connectivity index (χ2v) is 30.3. The second kappa shape index (κ2) is 37.3. The number of aryl methyl sites for hydroxylation is 1. The summed E-state index contributed by atoms with van der Waals surface area (Å²) >= 11 is 0. The molecule has 33 nitrogen and oxygen atoms in total. The van der Waals surface area contributed by atoms with Gasteiger partial charge in [0.05, 0.1) is 87.4 Å². The van der Waals surface area contributed by atoms with Crippen LogP contribution in [-0.2, 0) is 86.6 Å². The highest BCUT2D eigenvalue weighted by Crippen LogP contribution is 2.47. The second-order valence-electron chi connectivity index (χ2n) is 29.1. The molecule has 3 aliphatic rings. The lowest BCUT2D eigenvalue weighted by atomic mass is 9.77. The molecule has 0 aliphatic carbocycles. The number of hydrazine groups is 1. The zero-order chi connectivity index (χ0) is 85.9. The third-order valence-corrected chi connectivity index (χ3v) is 19.9. The topological polar surface area (TPSA) is 430 Å². The molecule has 5 heterocycles. The van der Waals surface area contributed by atoms with E-state index in [0.717, 1.165) is 38.3 Å². The van der Waals surface area contributed by atoms with Crippen LogP contribution in [0, 0.1) is 41.2 Å². The number of nitrogens with one attached hydrogen (secondary N) is 5. The molecule has 0 saturated carbocycles. The Balaban J connectivity index is 1.19. The molecule has 0 radical (unpaired) electrons. The van der Waals surface area contributed by atoms with Crippen LogP contribution in [0.5, 0.6) is 5.75 Å². The highest BCUT2D eigenvalue weighted by Gasteiger charge is 2.58. The van der Waals surface area contributed by atoms with Crippen molar-refractivity contribution < 1.29 is 145 Å². The van der Waals surface area contributed by atoms with Gasteiger partial charge in [0.25, 0.3) is 5.91 Å². The van der Waals surface area contributed by atoms with Gasteiger partial charge in [-0.3, -0.25) is 44.1 Å². The van der Waals surface area contributed by atoms with Gasteiger partial charge in [-0.15, -0.1) is 0 Å². The van der Waals surface area contributed by atoms with Crippen LogP contribution in [-0.4, -0.2) is 218 Å². The first-order valence-corrected chi connectivity index (χ1v) is 36.8. The molecule has 5 aromatic rings. The number of halogens is 10. The van der Waals surface area contributed by atoms with Crippen molar-refractivity contribution in [3.63, 3.8) is 0 Å². The van der Waals surface area contributed by atoms with Crippen molar-refractivity contribution in [2.45, 2.75) is 166 Å². The third kappa shape index (κ3) is 23.4. The fraction of sp³-hybridized carbons (Fsp3) is 0.500. The highest BCUT2D eigenvalue weighted by atomic mass is 31.2. The Morgan fingerprint density at radius 2 is 1.31 bits per heavy atom. The fourth-order valence-corrected chi connectivity index (χ4v) is 13.6. The Morgan fingerprint density at radius 3 is 1.82 bits per heavy atom. The van der Waals surface area contributed by atoms with E-state index in [1.54, 1.807) is 10.6 Å². The first kappa shape index (κ1) is 90.6. The highest BCUT2D eigenvalue weighted by molar-refractivity contribution is 7.46. The van der Waals surface area contributed by atoms with Crippen LogP contribution in [0.1, 0.15) is 113 Å². The summed E-state index contributed by atoms with van der Waals surface area (Å²) in [7, 11) is -4.10. The quantitative estimate of drug-likeness (QED) is 0.00375. The number of carboxylic acid groups (broad SMARTS) is 2. The standard InChI is InChI=1S/C72H83F10N12O21P/c1-37-20-42(25-54(95)85-51(62(101)102)26-55(96)97)57(52(21-37)115-116(106,107)108)68(2,3)27-56(98)112-36-113-67(105)114-53(33-92(90-61(100)59(88-66(104)110-9)70(6,7)72(80,81)82)32-46-47(73)23-41(24-48(46)74)49-18-19-93(89-49)63(75)76)50(86-60(99)58(87-65(103)109-8)69(4,5)71(77,78)79)22-39-13-10-38(11-14-39)12-15-40-28-83-64(84-29-40)91-30-43-16-17-44(31-91)94(43)45-34-111-35-45/h10-11,13-14,18-21,23-24,28-29,43-45,50-51,53,58-59,63H,16-17,22,25-27,30-36H2,1-9H3,(H,85,95)(H,86,99)(H,87,103)(H,88,104)(H,90,100)(H,96,97)(H,101,102)(H2,106,107,108)/t43?,44?,50-,51-,53-,58+,59+/m0/s1. The van der Waals surface area contributed by atoms with E-state index in [-0.39, 0.29) is 44.6 Å². The van der Waals surface area contributed by atoms with E-state index >= 15 is 35.1 Å². The van der Waals surface area contributed by atoms with Crippen LogP contribution in [0.4, 0.5) is 64.2 Å². The minimum atomic E-state index is -5.52. The van der Waals surface area contributed by atoms with Gasteiger partial charge in [0, 0.05) is 78.0 Å². The van der Waals surface area contributed by atoms with E-state index in [1.807, 2.05) is 10.7 Å². The number of aliphatic carboxylic acids is 2. The Labute approximate surface area is 654 Å². The lowest BCUT2D eigenvalue weighted by Crippen LogP contribution is -2.64. The number of aromatic nitrogens is 4. The Bertz CT molecular complexity index is 4520. The van der Waals surface area contributed by atoms with Gasteiger partial charge < -0.3 is 69.3 Å². The van der Waals surface area contributed by atoms with Gasteiger partial charge in [-0.2, -0.15) is 40.2 Å². The number of amides is 5. The van der Waals surface area contributed by atoms with E-state index in [0.29, 0.717) is 95.8 Å². The lowest BCUT2D eigenvalue weighted by Gasteiger charge is -2.47. The first-order valence-electron chi connectivity index (χ1n) is 35.2. The van der Waals surface area contributed by atoms with E-state index < -0.39 is 207 Å². The SMILES string of the molecule is COC(=O)N[C@H](C(=O)N[C@@H](Cc1ccc(C#Cc2cnc(N3CC4CCC(C3)N4C3COC3)nc2)cc1)[C@H](CN(Cc1c(F)cc(-c2ccn(C(F)F)n2)cc1F)NC(=O)[C@@H](NC(=O)OC)C(C)(C)C(F)(F)F)OC(=O)OCOC(=O)CC(C)(C)c1c(CC(=O)N[C@@H](CC(=O)O)C(=O)O)cc(C)cc1OP(=O)(O)O)C(C)(C)C(F)(F)F. The van der Waals surface area contributed by atoms with Gasteiger partial charge in [0.2, 0.25) is 24.6 Å². The van der Waals surface area contributed by atoms with E-state index in [9.17, 15) is 76.5 Å². The summed E-state index contributed by atoms with van der Waals surface area (Å²) in [5.74, 6) is -7.11. The van der Waals surface area contributed by atoms with Crippen molar-refractivity contribution in [3.05, 3.63) is 124 Å². The molecule has 9 N–H and O–H groups in total. The number of phosphoric acid groups is 1. The van der Waals surface area contributed by atoms with E-state index in [2.05, 4.69) is 51.5 Å². The number of carbonyl (C=O) groups is 9. The summed E-state index contributed by atoms with van der Waals surface area (Å²) in [4.78, 5) is 154. The predicted octanol–water partition coefficient (Wildman–Crippen LogP) is 7.41. The minimum absolute atomic E-state index is 0.0275. The molecule has 3 aliphatic heterocycles. The number of nitrogens with zero attached hydrogens (tertiary/aromatic N) is 7.